The number of likely N-dealkylation sites (N-methyl/N-ethyl adjacent to an activating group) is 1. The average molecular weight is 226 g/mol. The van der Waals surface area contributed by atoms with Gasteiger partial charge < -0.3 is 10.4 Å². The third kappa shape index (κ3) is 3.04. The molecule has 0 radical (unpaired) electrons. The summed E-state index contributed by atoms with van der Waals surface area (Å²) in [5.74, 6) is -1.05. The van der Waals surface area contributed by atoms with Crippen LogP contribution >= 0.6 is 0 Å². The number of aliphatic carboxylic acids is 1. The lowest BCUT2D eigenvalue weighted by Crippen LogP contribution is -2.28. The molecule has 7 heteroatoms. The molecule has 0 fully saturated rings. The summed E-state index contributed by atoms with van der Waals surface area (Å²) in [6, 6.07) is -0.448. The standard InChI is InChI=1S/C9H14N4O3/c1-6(9(16)10-2)13-5-7(11-12-13)3-4-8(14)15/h5-6H,3-4H2,1-2H3,(H,10,16)(H,14,15). The molecule has 1 atom stereocenters. The molecule has 16 heavy (non-hydrogen) atoms. The van der Waals surface area contributed by atoms with E-state index in [-0.39, 0.29) is 12.3 Å². The molecule has 0 saturated heterocycles. The SMILES string of the molecule is CNC(=O)C(C)n1cc(CCC(=O)O)nn1. The molecule has 1 aromatic heterocycles. The van der Waals surface area contributed by atoms with Gasteiger partial charge in [0.15, 0.2) is 0 Å². The average Bonchev–Trinajstić information content (AvgIpc) is 2.72. The molecule has 88 valence electrons. The highest BCUT2D eigenvalue weighted by atomic mass is 16.4. The molecule has 0 spiro atoms. The number of carbonyl (C=O) groups excluding carboxylic acids is 1. The van der Waals surface area contributed by atoms with Gasteiger partial charge in [0.1, 0.15) is 6.04 Å². The fraction of sp³-hybridized carbons (Fsp3) is 0.556. The van der Waals surface area contributed by atoms with E-state index in [1.165, 1.54) is 4.68 Å². The lowest BCUT2D eigenvalue weighted by Gasteiger charge is -2.08. The van der Waals surface area contributed by atoms with Crippen molar-refractivity contribution in [1.82, 2.24) is 20.3 Å². The summed E-state index contributed by atoms with van der Waals surface area (Å²) in [7, 11) is 1.54. The molecule has 0 aliphatic heterocycles. The van der Waals surface area contributed by atoms with Gasteiger partial charge in [0.25, 0.3) is 0 Å². The van der Waals surface area contributed by atoms with Crippen molar-refractivity contribution in [1.29, 1.82) is 0 Å². The zero-order chi connectivity index (χ0) is 12.1. The third-order valence-electron chi connectivity index (χ3n) is 2.18. The lowest BCUT2D eigenvalue weighted by molar-refractivity contribution is -0.137. The zero-order valence-electron chi connectivity index (χ0n) is 9.17. The molecular formula is C9H14N4O3. The molecule has 0 aromatic carbocycles. The summed E-state index contributed by atoms with van der Waals surface area (Å²) in [5, 5.41) is 18.6. The van der Waals surface area contributed by atoms with Gasteiger partial charge in [-0.3, -0.25) is 9.59 Å². The smallest absolute Gasteiger partial charge is 0.303 e. The monoisotopic (exact) mass is 226 g/mol. The van der Waals surface area contributed by atoms with Crippen LogP contribution in [-0.2, 0) is 16.0 Å². The minimum absolute atomic E-state index is 0.00699. The quantitative estimate of drug-likeness (QED) is 0.712. The summed E-state index contributed by atoms with van der Waals surface area (Å²) in [4.78, 5) is 21.6. The minimum Gasteiger partial charge on any atom is -0.481 e. The van der Waals surface area contributed by atoms with Crippen LogP contribution in [-0.4, -0.2) is 39.0 Å². The molecule has 1 unspecified atom stereocenters. The van der Waals surface area contributed by atoms with E-state index in [1.807, 2.05) is 0 Å². The fourth-order valence-corrected chi connectivity index (χ4v) is 1.18. The number of amides is 1. The van der Waals surface area contributed by atoms with Crippen molar-refractivity contribution >= 4 is 11.9 Å². The maximum absolute atomic E-state index is 11.3. The Labute approximate surface area is 92.4 Å². The van der Waals surface area contributed by atoms with Crippen LogP contribution in [0.25, 0.3) is 0 Å². The second kappa shape index (κ2) is 5.24. The maximum atomic E-state index is 11.3. The second-order valence-corrected chi connectivity index (χ2v) is 3.37. The van der Waals surface area contributed by atoms with Crippen molar-refractivity contribution in [3.63, 3.8) is 0 Å². The molecule has 1 aromatic rings. The number of aromatic nitrogens is 3. The number of aryl methyl sites for hydroxylation is 1. The highest BCUT2D eigenvalue weighted by molar-refractivity contribution is 5.79. The molecule has 1 rings (SSSR count). The normalized spacial score (nSPS) is 12.1. The number of hydrogen-bond acceptors (Lipinski definition) is 4. The van der Waals surface area contributed by atoms with E-state index >= 15 is 0 Å². The Morgan fingerprint density at radius 1 is 1.62 bits per heavy atom. The molecule has 2 N–H and O–H groups in total. The van der Waals surface area contributed by atoms with E-state index in [1.54, 1.807) is 20.2 Å². The van der Waals surface area contributed by atoms with Crippen LogP contribution in [0.3, 0.4) is 0 Å². The van der Waals surface area contributed by atoms with Crippen LogP contribution in [0.5, 0.6) is 0 Å². The van der Waals surface area contributed by atoms with Gasteiger partial charge in [-0.05, 0) is 6.92 Å². The van der Waals surface area contributed by atoms with E-state index in [0.29, 0.717) is 12.1 Å². The lowest BCUT2D eigenvalue weighted by atomic mass is 10.2. The van der Waals surface area contributed by atoms with Crippen LogP contribution in [0.15, 0.2) is 6.20 Å². The predicted octanol–water partition coefficient (Wildman–Crippen LogP) is -0.398. The molecule has 0 saturated carbocycles. The highest BCUT2D eigenvalue weighted by Crippen LogP contribution is 2.05. The Bertz CT molecular complexity index is 388. The number of carboxylic acids is 1. The van der Waals surface area contributed by atoms with Crippen LogP contribution < -0.4 is 5.32 Å². The zero-order valence-corrected chi connectivity index (χ0v) is 9.17. The second-order valence-electron chi connectivity index (χ2n) is 3.37. The van der Waals surface area contributed by atoms with Crippen LogP contribution in [0, 0.1) is 0 Å². The fourth-order valence-electron chi connectivity index (χ4n) is 1.18. The summed E-state index contributed by atoms with van der Waals surface area (Å²) < 4.78 is 1.41. The van der Waals surface area contributed by atoms with Crippen LogP contribution in [0.1, 0.15) is 25.1 Å². The van der Waals surface area contributed by atoms with E-state index < -0.39 is 12.0 Å². The number of hydrogen-bond donors (Lipinski definition) is 2. The first kappa shape index (κ1) is 12.2. The summed E-state index contributed by atoms with van der Waals surface area (Å²) in [6.45, 7) is 1.69. The summed E-state index contributed by atoms with van der Waals surface area (Å²) >= 11 is 0. The van der Waals surface area contributed by atoms with Gasteiger partial charge in [-0.2, -0.15) is 0 Å². The first-order chi connectivity index (χ1) is 7.54. The Hall–Kier alpha value is -1.92. The van der Waals surface area contributed by atoms with E-state index in [4.69, 9.17) is 5.11 Å². The molecular weight excluding hydrogens is 212 g/mol. The van der Waals surface area contributed by atoms with Crippen molar-refractivity contribution in [3.05, 3.63) is 11.9 Å². The van der Waals surface area contributed by atoms with Gasteiger partial charge in [0.2, 0.25) is 5.91 Å². The first-order valence-electron chi connectivity index (χ1n) is 4.88. The Balaban J connectivity index is 2.63. The van der Waals surface area contributed by atoms with Gasteiger partial charge in [-0.15, -0.1) is 5.10 Å². The first-order valence-corrected chi connectivity index (χ1v) is 4.88. The third-order valence-corrected chi connectivity index (χ3v) is 2.18. The van der Waals surface area contributed by atoms with Gasteiger partial charge in [-0.1, -0.05) is 5.21 Å². The van der Waals surface area contributed by atoms with Crippen molar-refractivity contribution in [2.45, 2.75) is 25.8 Å². The molecule has 0 aliphatic carbocycles. The van der Waals surface area contributed by atoms with Crippen LogP contribution in [0.2, 0.25) is 0 Å². The van der Waals surface area contributed by atoms with E-state index in [9.17, 15) is 9.59 Å². The Kier molecular flexibility index (Phi) is 3.98. The van der Waals surface area contributed by atoms with Crippen LogP contribution in [0.4, 0.5) is 0 Å². The predicted molar refractivity (Wildman–Crippen MR) is 54.8 cm³/mol. The van der Waals surface area contributed by atoms with Gasteiger partial charge in [0, 0.05) is 19.7 Å². The molecule has 0 bridgehead atoms. The Morgan fingerprint density at radius 2 is 2.31 bits per heavy atom. The largest absolute Gasteiger partial charge is 0.481 e. The van der Waals surface area contributed by atoms with E-state index in [0.717, 1.165) is 0 Å². The number of rotatable bonds is 5. The number of carbonyl (C=O) groups is 2. The van der Waals surface area contributed by atoms with Crippen molar-refractivity contribution in [2.75, 3.05) is 7.05 Å². The summed E-state index contributed by atoms with van der Waals surface area (Å²) in [5.41, 5.74) is 0.568. The number of nitrogens with zero attached hydrogens (tertiary/aromatic N) is 3. The van der Waals surface area contributed by atoms with Gasteiger partial charge in [0.05, 0.1) is 12.1 Å². The van der Waals surface area contributed by atoms with Crippen molar-refractivity contribution < 1.29 is 14.7 Å². The number of nitrogens with one attached hydrogen (secondary N) is 1. The van der Waals surface area contributed by atoms with E-state index in [2.05, 4.69) is 15.6 Å². The van der Waals surface area contributed by atoms with Crippen molar-refractivity contribution in [3.8, 4) is 0 Å². The molecule has 1 heterocycles. The topological polar surface area (TPSA) is 97.1 Å². The molecule has 0 aliphatic rings. The number of carboxylic acid groups (broad SMARTS) is 1. The minimum atomic E-state index is -0.881. The highest BCUT2D eigenvalue weighted by Gasteiger charge is 2.15. The van der Waals surface area contributed by atoms with Gasteiger partial charge in [-0.25, -0.2) is 4.68 Å². The van der Waals surface area contributed by atoms with Crippen molar-refractivity contribution in [2.24, 2.45) is 0 Å². The Morgan fingerprint density at radius 3 is 2.88 bits per heavy atom. The summed E-state index contributed by atoms with van der Waals surface area (Å²) in [6.07, 6.45) is 1.91. The molecule has 1 amide bonds. The maximum Gasteiger partial charge on any atom is 0.303 e. The van der Waals surface area contributed by atoms with Gasteiger partial charge >= 0.3 is 5.97 Å². The molecule has 7 nitrogen and oxygen atoms in total.